The Morgan fingerprint density at radius 2 is 1.75 bits per heavy atom. The summed E-state index contributed by atoms with van der Waals surface area (Å²) in [5.41, 5.74) is 1.85. The van der Waals surface area contributed by atoms with E-state index in [0.717, 1.165) is 43.5 Å². The Labute approximate surface area is 166 Å². The summed E-state index contributed by atoms with van der Waals surface area (Å²) in [6.45, 7) is 7.03. The number of ether oxygens (including phenoxy) is 1. The van der Waals surface area contributed by atoms with Gasteiger partial charge in [-0.2, -0.15) is 0 Å². The topological polar surface area (TPSA) is 95.9 Å². The highest BCUT2D eigenvalue weighted by Gasteiger charge is 2.21. The van der Waals surface area contributed by atoms with E-state index in [9.17, 15) is 19.5 Å². The fourth-order valence-electron chi connectivity index (χ4n) is 3.47. The minimum Gasteiger partial charge on any atom is -0.483 e. The first-order chi connectivity index (χ1) is 13.3. The lowest BCUT2D eigenvalue weighted by Gasteiger charge is -2.27. The number of carbonyl (C=O) groups excluding carboxylic acids is 2. The van der Waals surface area contributed by atoms with Crippen LogP contribution >= 0.6 is 0 Å². The average molecular weight is 390 g/mol. The minimum absolute atomic E-state index is 0.0230. The summed E-state index contributed by atoms with van der Waals surface area (Å²) in [5, 5.41) is 11.8. The monoisotopic (exact) mass is 390 g/mol. The Balaban J connectivity index is 2.04. The number of carboxylic acids is 1. The second-order valence-corrected chi connectivity index (χ2v) is 7.32. The van der Waals surface area contributed by atoms with Crippen LogP contribution in [0.1, 0.15) is 60.5 Å². The Morgan fingerprint density at radius 3 is 2.29 bits per heavy atom. The fraction of sp³-hybridized carbons (Fsp3) is 0.571. The average Bonchev–Trinajstić information content (AvgIpc) is 2.67. The molecule has 7 nitrogen and oxygen atoms in total. The van der Waals surface area contributed by atoms with Crippen molar-refractivity contribution >= 4 is 17.8 Å². The van der Waals surface area contributed by atoms with Gasteiger partial charge < -0.3 is 20.1 Å². The van der Waals surface area contributed by atoms with Gasteiger partial charge in [0.1, 0.15) is 11.8 Å². The third-order valence-electron chi connectivity index (χ3n) is 4.95. The highest BCUT2D eigenvalue weighted by Crippen LogP contribution is 2.25. The maximum absolute atomic E-state index is 12.4. The number of piperidine rings is 1. The standard InChI is InChI=1S/C21H30N2O5/c1-4-8-17(21(26)27)22-20(25)16-11-14(2)19(15(3)12-16)28-13-18(24)23-9-6-5-7-10-23/h11-12,17H,4-10,13H2,1-3H3,(H,22,25)(H,26,27). The van der Waals surface area contributed by atoms with Crippen LogP contribution in [-0.2, 0) is 9.59 Å². The van der Waals surface area contributed by atoms with E-state index in [2.05, 4.69) is 5.32 Å². The number of aliphatic carboxylic acids is 1. The lowest BCUT2D eigenvalue weighted by Crippen LogP contribution is -2.40. The van der Waals surface area contributed by atoms with Gasteiger partial charge >= 0.3 is 5.97 Å². The molecular weight excluding hydrogens is 360 g/mol. The van der Waals surface area contributed by atoms with Gasteiger partial charge in [-0.1, -0.05) is 13.3 Å². The zero-order valence-electron chi connectivity index (χ0n) is 16.9. The van der Waals surface area contributed by atoms with Crippen molar-refractivity contribution in [3.05, 3.63) is 28.8 Å². The number of nitrogens with one attached hydrogen (secondary N) is 1. The molecule has 2 N–H and O–H groups in total. The molecule has 2 amide bonds. The van der Waals surface area contributed by atoms with Gasteiger partial charge in [0.05, 0.1) is 0 Å². The molecule has 1 saturated heterocycles. The molecule has 154 valence electrons. The van der Waals surface area contributed by atoms with Crippen molar-refractivity contribution in [1.82, 2.24) is 10.2 Å². The Bertz CT molecular complexity index is 703. The number of aryl methyl sites for hydroxylation is 2. The first kappa shape index (κ1) is 21.7. The number of amides is 2. The van der Waals surface area contributed by atoms with Crippen molar-refractivity contribution in [3.8, 4) is 5.75 Å². The fourth-order valence-corrected chi connectivity index (χ4v) is 3.47. The molecule has 1 aromatic carbocycles. The van der Waals surface area contributed by atoms with E-state index >= 15 is 0 Å². The van der Waals surface area contributed by atoms with E-state index in [4.69, 9.17) is 4.74 Å². The van der Waals surface area contributed by atoms with E-state index in [-0.39, 0.29) is 12.5 Å². The Kier molecular flexibility index (Phi) is 7.84. The number of hydrogen-bond acceptors (Lipinski definition) is 4. The van der Waals surface area contributed by atoms with Gasteiger partial charge in [-0.15, -0.1) is 0 Å². The summed E-state index contributed by atoms with van der Waals surface area (Å²) >= 11 is 0. The third kappa shape index (κ3) is 5.71. The number of nitrogens with zero attached hydrogens (tertiary/aromatic N) is 1. The summed E-state index contributed by atoms with van der Waals surface area (Å²) in [6.07, 6.45) is 4.26. The molecular formula is C21H30N2O5. The number of benzene rings is 1. The lowest BCUT2D eigenvalue weighted by molar-refractivity contribution is -0.139. The van der Waals surface area contributed by atoms with Crippen LogP contribution in [0.3, 0.4) is 0 Å². The van der Waals surface area contributed by atoms with Gasteiger partial charge in [-0.3, -0.25) is 9.59 Å². The second kappa shape index (κ2) is 10.1. The second-order valence-electron chi connectivity index (χ2n) is 7.32. The van der Waals surface area contributed by atoms with Crippen molar-refractivity contribution in [2.24, 2.45) is 0 Å². The molecule has 7 heteroatoms. The number of likely N-dealkylation sites (tertiary alicyclic amines) is 1. The molecule has 0 saturated carbocycles. The van der Waals surface area contributed by atoms with E-state index in [0.29, 0.717) is 24.2 Å². The van der Waals surface area contributed by atoms with Gasteiger partial charge in [-0.05, 0) is 62.8 Å². The normalized spacial score (nSPS) is 15.0. The van der Waals surface area contributed by atoms with Crippen LogP contribution in [0.4, 0.5) is 0 Å². The molecule has 1 heterocycles. The summed E-state index contributed by atoms with van der Waals surface area (Å²) < 4.78 is 5.76. The van der Waals surface area contributed by atoms with Crippen LogP contribution in [0.2, 0.25) is 0 Å². The molecule has 28 heavy (non-hydrogen) atoms. The maximum Gasteiger partial charge on any atom is 0.326 e. The minimum atomic E-state index is -1.04. The quantitative estimate of drug-likeness (QED) is 0.711. The molecule has 1 atom stereocenters. The predicted octanol–water partition coefficient (Wildman–Crippen LogP) is 2.68. The molecule has 1 aliphatic heterocycles. The molecule has 0 spiro atoms. The first-order valence-electron chi connectivity index (χ1n) is 9.89. The molecule has 1 fully saturated rings. The van der Waals surface area contributed by atoms with Crippen LogP contribution in [0.5, 0.6) is 5.75 Å². The van der Waals surface area contributed by atoms with Crippen molar-refractivity contribution < 1.29 is 24.2 Å². The summed E-state index contributed by atoms with van der Waals surface area (Å²) in [7, 11) is 0. The van der Waals surface area contributed by atoms with Crippen molar-refractivity contribution in [2.45, 2.75) is 58.9 Å². The van der Waals surface area contributed by atoms with Crippen molar-refractivity contribution in [3.63, 3.8) is 0 Å². The van der Waals surface area contributed by atoms with Crippen LogP contribution in [0.25, 0.3) is 0 Å². The van der Waals surface area contributed by atoms with Crippen LogP contribution in [0.15, 0.2) is 12.1 Å². The van der Waals surface area contributed by atoms with Crippen molar-refractivity contribution in [1.29, 1.82) is 0 Å². The van der Waals surface area contributed by atoms with Gasteiger partial charge in [0.2, 0.25) is 0 Å². The molecule has 1 unspecified atom stereocenters. The molecule has 0 aliphatic carbocycles. The third-order valence-corrected chi connectivity index (χ3v) is 4.95. The van der Waals surface area contributed by atoms with E-state index < -0.39 is 17.9 Å². The van der Waals surface area contributed by atoms with E-state index in [1.165, 1.54) is 0 Å². The van der Waals surface area contributed by atoms with Crippen molar-refractivity contribution in [2.75, 3.05) is 19.7 Å². The van der Waals surface area contributed by atoms with Gasteiger partial charge in [0.15, 0.2) is 6.61 Å². The van der Waals surface area contributed by atoms with E-state index in [1.54, 1.807) is 12.1 Å². The summed E-state index contributed by atoms with van der Waals surface area (Å²) in [4.78, 5) is 37.8. The number of carbonyl (C=O) groups is 3. The van der Waals surface area contributed by atoms with Crippen LogP contribution < -0.4 is 10.1 Å². The SMILES string of the molecule is CCCC(NC(=O)c1cc(C)c(OCC(=O)N2CCCCC2)c(C)c1)C(=O)O. The zero-order chi connectivity index (χ0) is 20.7. The number of hydrogen-bond donors (Lipinski definition) is 2. The first-order valence-corrected chi connectivity index (χ1v) is 9.89. The van der Waals surface area contributed by atoms with Crippen LogP contribution in [0, 0.1) is 13.8 Å². The molecule has 0 aromatic heterocycles. The number of carboxylic acid groups (broad SMARTS) is 1. The molecule has 0 radical (unpaired) electrons. The Morgan fingerprint density at radius 1 is 1.14 bits per heavy atom. The summed E-state index contributed by atoms with van der Waals surface area (Å²) in [6, 6.07) is 2.41. The zero-order valence-corrected chi connectivity index (χ0v) is 16.9. The molecule has 2 rings (SSSR count). The Hall–Kier alpha value is -2.57. The highest BCUT2D eigenvalue weighted by atomic mass is 16.5. The smallest absolute Gasteiger partial charge is 0.326 e. The molecule has 1 aliphatic rings. The molecule has 0 bridgehead atoms. The maximum atomic E-state index is 12.4. The molecule has 1 aromatic rings. The summed E-state index contributed by atoms with van der Waals surface area (Å²) in [5.74, 6) is -0.905. The van der Waals surface area contributed by atoms with Gasteiger partial charge in [-0.25, -0.2) is 4.79 Å². The predicted molar refractivity (Wildman–Crippen MR) is 106 cm³/mol. The lowest BCUT2D eigenvalue weighted by atomic mass is 10.0. The largest absolute Gasteiger partial charge is 0.483 e. The van der Waals surface area contributed by atoms with Crippen LogP contribution in [-0.4, -0.2) is 53.5 Å². The van der Waals surface area contributed by atoms with E-state index in [1.807, 2.05) is 25.7 Å². The number of rotatable bonds is 8. The van der Waals surface area contributed by atoms with Gasteiger partial charge in [0.25, 0.3) is 11.8 Å². The van der Waals surface area contributed by atoms with Gasteiger partial charge in [0, 0.05) is 18.7 Å². The highest BCUT2D eigenvalue weighted by molar-refractivity contribution is 5.97.